The second-order valence-corrected chi connectivity index (χ2v) is 5.57. The number of urea groups is 1. The SMILES string of the molecule is Cc1nc(CCNC(=O)N[C@@H](C)c2ccncc2)cs1. The number of aromatic nitrogens is 2. The number of hydrogen-bond donors (Lipinski definition) is 2. The fourth-order valence-corrected chi connectivity index (χ4v) is 2.46. The van der Waals surface area contributed by atoms with E-state index in [0.717, 1.165) is 22.7 Å². The third kappa shape index (κ3) is 4.31. The Bertz CT molecular complexity index is 555. The first-order valence-corrected chi connectivity index (χ1v) is 7.38. The van der Waals surface area contributed by atoms with Gasteiger partial charge in [0.25, 0.3) is 0 Å². The van der Waals surface area contributed by atoms with Crippen molar-refractivity contribution >= 4 is 17.4 Å². The first kappa shape index (κ1) is 14.5. The fraction of sp³-hybridized carbons (Fsp3) is 0.357. The number of pyridine rings is 1. The van der Waals surface area contributed by atoms with Gasteiger partial charge in [-0.05, 0) is 31.5 Å². The molecule has 0 aliphatic carbocycles. The van der Waals surface area contributed by atoms with E-state index in [0.29, 0.717) is 6.54 Å². The number of amides is 2. The molecule has 6 heteroatoms. The lowest BCUT2D eigenvalue weighted by molar-refractivity contribution is 0.238. The van der Waals surface area contributed by atoms with Crippen LogP contribution in [0.3, 0.4) is 0 Å². The van der Waals surface area contributed by atoms with Crippen LogP contribution >= 0.6 is 11.3 Å². The Morgan fingerprint density at radius 1 is 1.40 bits per heavy atom. The predicted molar refractivity (Wildman–Crippen MR) is 79.7 cm³/mol. The van der Waals surface area contributed by atoms with Crippen LogP contribution in [-0.2, 0) is 6.42 Å². The number of hydrogen-bond acceptors (Lipinski definition) is 4. The van der Waals surface area contributed by atoms with Crippen LogP contribution in [0.2, 0.25) is 0 Å². The van der Waals surface area contributed by atoms with Crippen LogP contribution in [0.4, 0.5) is 4.79 Å². The summed E-state index contributed by atoms with van der Waals surface area (Å²) in [6.07, 6.45) is 4.19. The lowest BCUT2D eigenvalue weighted by Gasteiger charge is -2.14. The Balaban J connectivity index is 1.73. The van der Waals surface area contributed by atoms with E-state index in [1.807, 2.05) is 31.4 Å². The van der Waals surface area contributed by atoms with Crippen molar-refractivity contribution in [2.24, 2.45) is 0 Å². The van der Waals surface area contributed by atoms with Gasteiger partial charge in [-0.15, -0.1) is 11.3 Å². The number of thiazole rings is 1. The first-order valence-electron chi connectivity index (χ1n) is 6.50. The van der Waals surface area contributed by atoms with Crippen LogP contribution < -0.4 is 10.6 Å². The van der Waals surface area contributed by atoms with Crippen LogP contribution in [0.15, 0.2) is 29.9 Å². The van der Waals surface area contributed by atoms with E-state index in [1.165, 1.54) is 0 Å². The third-order valence-electron chi connectivity index (χ3n) is 2.89. The summed E-state index contributed by atoms with van der Waals surface area (Å²) < 4.78 is 0. The highest BCUT2D eigenvalue weighted by Gasteiger charge is 2.08. The lowest BCUT2D eigenvalue weighted by atomic mass is 10.1. The van der Waals surface area contributed by atoms with Gasteiger partial charge >= 0.3 is 6.03 Å². The molecular weight excluding hydrogens is 272 g/mol. The molecule has 0 aliphatic rings. The van der Waals surface area contributed by atoms with Crippen molar-refractivity contribution in [3.8, 4) is 0 Å². The Hall–Kier alpha value is -1.95. The zero-order valence-corrected chi connectivity index (χ0v) is 12.4. The normalized spacial score (nSPS) is 11.9. The van der Waals surface area contributed by atoms with Crippen molar-refractivity contribution in [1.29, 1.82) is 0 Å². The van der Waals surface area contributed by atoms with E-state index in [4.69, 9.17) is 0 Å². The van der Waals surface area contributed by atoms with Gasteiger partial charge < -0.3 is 10.6 Å². The van der Waals surface area contributed by atoms with Gasteiger partial charge in [-0.2, -0.15) is 0 Å². The molecule has 0 saturated carbocycles. The van der Waals surface area contributed by atoms with Gasteiger partial charge in [-0.1, -0.05) is 0 Å². The van der Waals surface area contributed by atoms with Gasteiger partial charge in [0.15, 0.2) is 0 Å². The summed E-state index contributed by atoms with van der Waals surface area (Å²) in [7, 11) is 0. The highest BCUT2D eigenvalue weighted by Crippen LogP contribution is 2.10. The molecule has 2 heterocycles. The minimum atomic E-state index is -0.165. The van der Waals surface area contributed by atoms with Crippen LogP contribution in [0.25, 0.3) is 0 Å². The molecular formula is C14H18N4OS. The van der Waals surface area contributed by atoms with Gasteiger partial charge in [0.05, 0.1) is 16.7 Å². The molecule has 0 aliphatic heterocycles. The number of aryl methyl sites for hydroxylation is 1. The molecule has 0 bridgehead atoms. The van der Waals surface area contributed by atoms with E-state index in [1.54, 1.807) is 23.7 Å². The summed E-state index contributed by atoms with van der Waals surface area (Å²) in [6.45, 7) is 4.50. The molecule has 20 heavy (non-hydrogen) atoms. The van der Waals surface area contributed by atoms with Crippen molar-refractivity contribution in [3.63, 3.8) is 0 Å². The first-order chi connectivity index (χ1) is 9.65. The molecule has 0 spiro atoms. The highest BCUT2D eigenvalue weighted by atomic mass is 32.1. The Kier molecular flexibility index (Phi) is 5.06. The van der Waals surface area contributed by atoms with Crippen molar-refractivity contribution in [3.05, 3.63) is 46.2 Å². The summed E-state index contributed by atoms with van der Waals surface area (Å²) >= 11 is 1.63. The Labute approximate surface area is 122 Å². The van der Waals surface area contributed by atoms with E-state index in [2.05, 4.69) is 20.6 Å². The quantitative estimate of drug-likeness (QED) is 0.889. The third-order valence-corrected chi connectivity index (χ3v) is 3.71. The van der Waals surface area contributed by atoms with Crippen molar-refractivity contribution in [1.82, 2.24) is 20.6 Å². The molecule has 2 rings (SSSR count). The predicted octanol–water partition coefficient (Wildman–Crippen LogP) is 2.45. The standard InChI is InChI=1S/C14H18N4OS/c1-10(12-3-6-15-7-4-12)17-14(19)16-8-5-13-9-20-11(2)18-13/h3-4,6-7,9-10H,5,8H2,1-2H3,(H2,16,17,19)/t10-/m0/s1. The summed E-state index contributed by atoms with van der Waals surface area (Å²) in [5, 5.41) is 8.81. The lowest BCUT2D eigenvalue weighted by Crippen LogP contribution is -2.38. The van der Waals surface area contributed by atoms with E-state index in [9.17, 15) is 4.79 Å². The van der Waals surface area contributed by atoms with Gasteiger partial charge in [0.2, 0.25) is 0 Å². The molecule has 0 saturated heterocycles. The van der Waals surface area contributed by atoms with E-state index in [-0.39, 0.29) is 12.1 Å². The number of nitrogens with one attached hydrogen (secondary N) is 2. The number of carbonyl (C=O) groups excluding carboxylic acids is 1. The minimum Gasteiger partial charge on any atom is -0.338 e. The monoisotopic (exact) mass is 290 g/mol. The minimum absolute atomic E-state index is 0.0421. The Morgan fingerprint density at radius 3 is 2.80 bits per heavy atom. The zero-order chi connectivity index (χ0) is 14.4. The second kappa shape index (κ2) is 7.00. The largest absolute Gasteiger partial charge is 0.338 e. The molecule has 0 unspecified atom stereocenters. The molecule has 1 atom stereocenters. The molecule has 2 aromatic rings. The van der Waals surface area contributed by atoms with Crippen molar-refractivity contribution < 1.29 is 4.79 Å². The van der Waals surface area contributed by atoms with Gasteiger partial charge in [0.1, 0.15) is 0 Å². The average molecular weight is 290 g/mol. The topological polar surface area (TPSA) is 66.9 Å². The van der Waals surface area contributed by atoms with Gasteiger partial charge in [0, 0.05) is 30.7 Å². The van der Waals surface area contributed by atoms with Crippen molar-refractivity contribution in [2.45, 2.75) is 26.3 Å². The van der Waals surface area contributed by atoms with Crippen LogP contribution in [-0.4, -0.2) is 22.5 Å². The van der Waals surface area contributed by atoms with E-state index < -0.39 is 0 Å². The fourth-order valence-electron chi connectivity index (χ4n) is 1.81. The smallest absolute Gasteiger partial charge is 0.315 e. The maximum absolute atomic E-state index is 11.8. The summed E-state index contributed by atoms with van der Waals surface area (Å²) in [5.41, 5.74) is 2.06. The molecule has 0 fully saturated rings. The number of rotatable bonds is 5. The molecule has 106 valence electrons. The molecule has 5 nitrogen and oxygen atoms in total. The summed E-state index contributed by atoms with van der Waals surface area (Å²) in [6, 6.07) is 3.58. The average Bonchev–Trinajstić information content (AvgIpc) is 2.85. The molecule has 2 amide bonds. The van der Waals surface area contributed by atoms with Crippen molar-refractivity contribution in [2.75, 3.05) is 6.54 Å². The number of nitrogens with zero attached hydrogens (tertiary/aromatic N) is 2. The van der Waals surface area contributed by atoms with Crippen LogP contribution in [0.1, 0.15) is 29.2 Å². The molecule has 2 N–H and O–H groups in total. The highest BCUT2D eigenvalue weighted by molar-refractivity contribution is 7.09. The molecule has 2 aromatic heterocycles. The molecule has 0 aromatic carbocycles. The van der Waals surface area contributed by atoms with E-state index >= 15 is 0 Å². The Morgan fingerprint density at radius 2 is 2.15 bits per heavy atom. The molecule has 0 radical (unpaired) electrons. The maximum Gasteiger partial charge on any atom is 0.315 e. The van der Waals surface area contributed by atoms with Crippen LogP contribution in [0.5, 0.6) is 0 Å². The maximum atomic E-state index is 11.8. The van der Waals surface area contributed by atoms with Gasteiger partial charge in [-0.3, -0.25) is 4.98 Å². The zero-order valence-electron chi connectivity index (χ0n) is 11.6. The number of carbonyl (C=O) groups is 1. The second-order valence-electron chi connectivity index (χ2n) is 4.51. The summed E-state index contributed by atoms with van der Waals surface area (Å²) in [4.78, 5) is 20.1. The summed E-state index contributed by atoms with van der Waals surface area (Å²) in [5.74, 6) is 0. The van der Waals surface area contributed by atoms with Gasteiger partial charge in [-0.25, -0.2) is 9.78 Å². The van der Waals surface area contributed by atoms with Crippen LogP contribution in [0, 0.1) is 6.92 Å².